The Bertz CT molecular complexity index is 1020. The second-order valence-electron chi connectivity index (χ2n) is 8.15. The molecule has 0 fully saturated rings. The van der Waals surface area contributed by atoms with Gasteiger partial charge < -0.3 is 24.1 Å². The van der Waals surface area contributed by atoms with Crippen molar-refractivity contribution in [1.82, 2.24) is 14.4 Å². The molecule has 2 aromatic heterocycles. The van der Waals surface area contributed by atoms with E-state index < -0.39 is 0 Å². The number of aromatic nitrogens is 1. The van der Waals surface area contributed by atoms with E-state index in [0.717, 1.165) is 23.4 Å². The molecule has 0 aliphatic carbocycles. The van der Waals surface area contributed by atoms with E-state index in [0.29, 0.717) is 18.8 Å². The molecular formula is C25H32N4O3. The van der Waals surface area contributed by atoms with Gasteiger partial charge in [0.05, 0.1) is 19.4 Å². The summed E-state index contributed by atoms with van der Waals surface area (Å²) in [5.74, 6) is 0.554. The lowest BCUT2D eigenvalue weighted by Gasteiger charge is -2.30. The molecule has 0 aliphatic heterocycles. The average Bonchev–Trinajstić information content (AvgIpc) is 3.43. The molecule has 3 amide bonds. The maximum atomic E-state index is 13.3. The van der Waals surface area contributed by atoms with Crippen molar-refractivity contribution in [3.05, 3.63) is 78.0 Å². The van der Waals surface area contributed by atoms with Gasteiger partial charge in [-0.15, -0.1) is 0 Å². The van der Waals surface area contributed by atoms with E-state index in [1.54, 1.807) is 22.1 Å². The number of carbonyl (C=O) groups is 2. The van der Waals surface area contributed by atoms with Crippen LogP contribution in [0.5, 0.6) is 0 Å². The zero-order valence-corrected chi connectivity index (χ0v) is 19.2. The van der Waals surface area contributed by atoms with Gasteiger partial charge in [0, 0.05) is 30.7 Å². The van der Waals surface area contributed by atoms with Gasteiger partial charge in [0.1, 0.15) is 12.3 Å². The van der Waals surface area contributed by atoms with Crippen LogP contribution < -0.4 is 5.32 Å². The summed E-state index contributed by atoms with van der Waals surface area (Å²) < 4.78 is 7.45. The highest BCUT2D eigenvalue weighted by Gasteiger charge is 2.25. The third-order valence-electron chi connectivity index (χ3n) is 5.46. The van der Waals surface area contributed by atoms with E-state index >= 15 is 0 Å². The van der Waals surface area contributed by atoms with Crippen molar-refractivity contribution in [3.63, 3.8) is 0 Å². The van der Waals surface area contributed by atoms with Crippen LogP contribution in [0.2, 0.25) is 0 Å². The normalized spacial score (nSPS) is 10.9. The maximum Gasteiger partial charge on any atom is 0.322 e. The fourth-order valence-electron chi connectivity index (χ4n) is 3.48. The number of aryl methyl sites for hydroxylation is 2. The first kappa shape index (κ1) is 23.2. The van der Waals surface area contributed by atoms with Gasteiger partial charge in [-0.2, -0.15) is 0 Å². The number of urea groups is 1. The van der Waals surface area contributed by atoms with E-state index in [4.69, 9.17) is 4.42 Å². The maximum absolute atomic E-state index is 13.3. The largest absolute Gasteiger partial charge is 0.467 e. The van der Waals surface area contributed by atoms with E-state index in [9.17, 15) is 9.59 Å². The minimum Gasteiger partial charge on any atom is -0.467 e. The van der Waals surface area contributed by atoms with Crippen LogP contribution in [0.25, 0.3) is 0 Å². The number of furan rings is 1. The fraction of sp³-hybridized carbons (Fsp3) is 0.360. The van der Waals surface area contributed by atoms with Gasteiger partial charge in [0.2, 0.25) is 5.91 Å². The molecule has 3 aromatic rings. The number of anilines is 1. The smallest absolute Gasteiger partial charge is 0.322 e. The highest BCUT2D eigenvalue weighted by atomic mass is 16.3. The first-order valence-electron chi connectivity index (χ1n) is 10.9. The quantitative estimate of drug-likeness (QED) is 0.531. The second kappa shape index (κ2) is 10.7. The first-order chi connectivity index (χ1) is 15.4. The zero-order valence-electron chi connectivity index (χ0n) is 19.2. The molecule has 7 nitrogen and oxygen atoms in total. The van der Waals surface area contributed by atoms with Crippen LogP contribution in [0.1, 0.15) is 37.8 Å². The molecule has 7 heteroatoms. The van der Waals surface area contributed by atoms with Crippen LogP contribution in [0.3, 0.4) is 0 Å². The SMILES string of the molecule is CCc1cccc(NC(=O)N(CC(=O)N(Cc2ccco2)Cc2cccn2C)C(C)C)c1. The third kappa shape index (κ3) is 6.03. The summed E-state index contributed by atoms with van der Waals surface area (Å²) in [5, 5.41) is 2.94. The summed E-state index contributed by atoms with van der Waals surface area (Å²) in [7, 11) is 1.95. The lowest BCUT2D eigenvalue weighted by molar-refractivity contribution is -0.133. The minimum atomic E-state index is -0.293. The van der Waals surface area contributed by atoms with Crippen LogP contribution in [-0.4, -0.2) is 38.9 Å². The van der Waals surface area contributed by atoms with E-state index in [-0.39, 0.29) is 24.5 Å². The predicted octanol–water partition coefficient (Wildman–Crippen LogP) is 4.65. The number of nitrogens with one attached hydrogen (secondary N) is 1. The van der Waals surface area contributed by atoms with Gasteiger partial charge in [-0.1, -0.05) is 19.1 Å². The van der Waals surface area contributed by atoms with E-state index in [2.05, 4.69) is 12.2 Å². The molecule has 32 heavy (non-hydrogen) atoms. The lowest BCUT2D eigenvalue weighted by Crippen LogP contribution is -2.47. The molecule has 3 rings (SSSR count). The number of amides is 3. The fourth-order valence-corrected chi connectivity index (χ4v) is 3.48. The average molecular weight is 437 g/mol. The Kier molecular flexibility index (Phi) is 7.76. The molecule has 1 aromatic carbocycles. The molecule has 0 saturated carbocycles. The number of hydrogen-bond donors (Lipinski definition) is 1. The van der Waals surface area contributed by atoms with Gasteiger partial charge in [-0.25, -0.2) is 4.79 Å². The molecule has 2 heterocycles. The highest BCUT2D eigenvalue weighted by molar-refractivity contribution is 5.92. The molecule has 170 valence electrons. The van der Waals surface area contributed by atoms with Crippen molar-refractivity contribution in [2.24, 2.45) is 7.05 Å². The van der Waals surface area contributed by atoms with E-state index in [1.165, 1.54) is 0 Å². The van der Waals surface area contributed by atoms with Crippen LogP contribution in [0, 0.1) is 0 Å². The van der Waals surface area contributed by atoms with Crippen LogP contribution >= 0.6 is 0 Å². The van der Waals surface area contributed by atoms with Crippen molar-refractivity contribution < 1.29 is 14.0 Å². The number of carbonyl (C=O) groups excluding carboxylic acids is 2. The Balaban J connectivity index is 1.74. The molecule has 0 radical (unpaired) electrons. The molecule has 0 unspecified atom stereocenters. The second-order valence-corrected chi connectivity index (χ2v) is 8.15. The monoisotopic (exact) mass is 436 g/mol. The zero-order chi connectivity index (χ0) is 23.1. The molecule has 0 saturated heterocycles. The Hall–Kier alpha value is -3.48. The number of hydrogen-bond acceptors (Lipinski definition) is 3. The summed E-state index contributed by atoms with van der Waals surface area (Å²) in [5.41, 5.74) is 2.87. The molecule has 0 spiro atoms. The number of nitrogens with zero attached hydrogens (tertiary/aromatic N) is 3. The summed E-state index contributed by atoms with van der Waals surface area (Å²) in [6, 6.07) is 14.9. The van der Waals surface area contributed by atoms with Crippen molar-refractivity contribution >= 4 is 17.6 Å². The minimum absolute atomic E-state index is 0.0257. The van der Waals surface area contributed by atoms with E-state index in [1.807, 2.05) is 74.1 Å². The van der Waals surface area contributed by atoms with Gasteiger partial charge >= 0.3 is 6.03 Å². The summed E-state index contributed by atoms with van der Waals surface area (Å²) in [6.45, 7) is 6.62. The number of benzene rings is 1. The van der Waals surface area contributed by atoms with Gasteiger partial charge in [0.15, 0.2) is 0 Å². The standard InChI is InChI=1S/C25H32N4O3/c1-5-20-9-6-10-21(15-20)26-25(31)29(19(2)3)18-24(30)28(17-23-12-8-14-32-23)16-22-11-7-13-27(22)4/h6-15,19H,5,16-18H2,1-4H3,(H,26,31). The lowest BCUT2D eigenvalue weighted by atomic mass is 10.1. The summed E-state index contributed by atoms with van der Waals surface area (Å²) in [4.78, 5) is 29.6. The summed E-state index contributed by atoms with van der Waals surface area (Å²) in [6.07, 6.45) is 4.43. The molecular weight excluding hydrogens is 404 g/mol. The van der Waals surface area contributed by atoms with Gasteiger partial charge in [0.25, 0.3) is 0 Å². The van der Waals surface area contributed by atoms with Crippen LogP contribution in [-0.2, 0) is 31.4 Å². The van der Waals surface area contributed by atoms with Crippen molar-refractivity contribution in [2.75, 3.05) is 11.9 Å². The Morgan fingerprint density at radius 2 is 1.91 bits per heavy atom. The van der Waals surface area contributed by atoms with Crippen molar-refractivity contribution in [2.45, 2.75) is 46.3 Å². The molecule has 0 aliphatic rings. The molecule has 0 atom stereocenters. The number of rotatable bonds is 9. The predicted molar refractivity (Wildman–Crippen MR) is 125 cm³/mol. The Morgan fingerprint density at radius 1 is 1.09 bits per heavy atom. The van der Waals surface area contributed by atoms with Gasteiger partial charge in [-0.05, 0) is 62.2 Å². The molecule has 0 bridgehead atoms. The first-order valence-corrected chi connectivity index (χ1v) is 10.9. The molecule has 1 N–H and O–H groups in total. The van der Waals surface area contributed by atoms with Crippen molar-refractivity contribution in [1.29, 1.82) is 0 Å². The van der Waals surface area contributed by atoms with Crippen LogP contribution in [0.15, 0.2) is 65.4 Å². The topological polar surface area (TPSA) is 70.7 Å². The Labute approximate surface area is 189 Å². The van der Waals surface area contributed by atoms with Crippen molar-refractivity contribution in [3.8, 4) is 0 Å². The van der Waals surface area contributed by atoms with Gasteiger partial charge in [-0.3, -0.25) is 4.79 Å². The van der Waals surface area contributed by atoms with Crippen LogP contribution in [0.4, 0.5) is 10.5 Å². The summed E-state index contributed by atoms with van der Waals surface area (Å²) >= 11 is 0. The Morgan fingerprint density at radius 3 is 2.53 bits per heavy atom. The highest BCUT2D eigenvalue weighted by Crippen LogP contribution is 2.15. The third-order valence-corrected chi connectivity index (χ3v) is 5.46.